The van der Waals surface area contributed by atoms with Crippen LogP contribution in [0.5, 0.6) is 0 Å². The Morgan fingerprint density at radius 1 is 0.952 bits per heavy atom. The maximum atomic E-state index is 6.37. The van der Waals surface area contributed by atoms with Crippen molar-refractivity contribution in [2.45, 2.75) is 6.92 Å². The number of nitrogens with zero attached hydrogens (tertiary/aromatic N) is 2. The van der Waals surface area contributed by atoms with E-state index in [0.29, 0.717) is 0 Å². The molecule has 0 N–H and O–H groups in total. The normalized spacial score (nSPS) is 11.3. The molecule has 21 heavy (non-hydrogen) atoms. The first-order valence-corrected chi connectivity index (χ1v) is 7.84. The minimum absolute atomic E-state index is 0.746. The zero-order chi connectivity index (χ0) is 14.4. The van der Waals surface area contributed by atoms with Crippen LogP contribution in [0, 0.1) is 6.92 Å². The number of fused-ring (bicyclic) bond motifs is 3. The predicted molar refractivity (Wildman–Crippen MR) is 90.1 cm³/mol. The summed E-state index contributed by atoms with van der Waals surface area (Å²) in [7, 11) is 0. The van der Waals surface area contributed by atoms with Crippen LogP contribution in [0.25, 0.3) is 31.6 Å². The van der Waals surface area contributed by atoms with E-state index in [9.17, 15) is 0 Å². The third-order valence-electron chi connectivity index (χ3n) is 3.45. The molecule has 0 spiro atoms. The van der Waals surface area contributed by atoms with Crippen LogP contribution in [0.2, 0.25) is 5.02 Å². The Balaban J connectivity index is 2.18. The third kappa shape index (κ3) is 2.01. The van der Waals surface area contributed by atoms with Crippen LogP contribution in [0.3, 0.4) is 0 Å². The molecule has 2 nitrogen and oxygen atoms in total. The van der Waals surface area contributed by atoms with Gasteiger partial charge in [-0.3, -0.25) is 0 Å². The van der Waals surface area contributed by atoms with Gasteiger partial charge in [-0.1, -0.05) is 48.0 Å². The number of thiophene rings is 1. The first-order chi connectivity index (χ1) is 10.2. The molecule has 2 aromatic carbocycles. The fraction of sp³-hybridized carbons (Fsp3) is 0.0588. The van der Waals surface area contributed by atoms with E-state index in [4.69, 9.17) is 11.6 Å². The summed E-state index contributed by atoms with van der Waals surface area (Å²) < 4.78 is 2.24. The van der Waals surface area contributed by atoms with Crippen LogP contribution in [-0.2, 0) is 0 Å². The smallest absolute Gasteiger partial charge is 0.126 e. The van der Waals surface area contributed by atoms with Crippen molar-refractivity contribution >= 4 is 43.2 Å². The van der Waals surface area contributed by atoms with E-state index >= 15 is 0 Å². The van der Waals surface area contributed by atoms with Gasteiger partial charge in [-0.25, -0.2) is 9.97 Å². The van der Waals surface area contributed by atoms with Crippen molar-refractivity contribution in [2.75, 3.05) is 0 Å². The maximum Gasteiger partial charge on any atom is 0.126 e. The van der Waals surface area contributed by atoms with Crippen molar-refractivity contribution in [3.05, 3.63) is 59.4 Å². The molecule has 0 fully saturated rings. The summed E-state index contributed by atoms with van der Waals surface area (Å²) in [6, 6.07) is 16.2. The lowest BCUT2D eigenvalue weighted by Crippen LogP contribution is -1.91. The number of rotatable bonds is 1. The molecule has 0 saturated heterocycles. The Morgan fingerprint density at radius 2 is 1.76 bits per heavy atom. The molecule has 0 aliphatic carbocycles. The largest absolute Gasteiger partial charge is 0.232 e. The lowest BCUT2D eigenvalue weighted by atomic mass is 10.1. The molecule has 0 unspecified atom stereocenters. The van der Waals surface area contributed by atoms with Crippen LogP contribution in [0.4, 0.5) is 0 Å². The van der Waals surface area contributed by atoms with Crippen molar-refractivity contribution in [1.29, 1.82) is 0 Å². The Morgan fingerprint density at radius 3 is 2.57 bits per heavy atom. The van der Waals surface area contributed by atoms with Gasteiger partial charge in [0.2, 0.25) is 0 Å². The quantitative estimate of drug-likeness (QED) is 0.465. The lowest BCUT2D eigenvalue weighted by molar-refractivity contribution is 1.10. The number of benzene rings is 2. The maximum absolute atomic E-state index is 6.37. The summed E-state index contributed by atoms with van der Waals surface area (Å²) in [5.74, 6) is 0.765. The molecule has 0 atom stereocenters. The summed E-state index contributed by atoms with van der Waals surface area (Å²) in [6.07, 6.45) is 0. The monoisotopic (exact) mass is 310 g/mol. The Labute approximate surface area is 131 Å². The summed E-state index contributed by atoms with van der Waals surface area (Å²) >= 11 is 8.07. The van der Waals surface area contributed by atoms with Crippen LogP contribution in [0.1, 0.15) is 5.82 Å². The molecule has 102 valence electrons. The molecule has 4 aromatic rings. The van der Waals surface area contributed by atoms with Crippen molar-refractivity contribution in [1.82, 2.24) is 9.97 Å². The fourth-order valence-electron chi connectivity index (χ4n) is 2.55. The van der Waals surface area contributed by atoms with Gasteiger partial charge in [0.05, 0.1) is 20.9 Å². The number of halogens is 1. The predicted octanol–water partition coefficient (Wildman–Crippen LogP) is 5.47. The van der Waals surface area contributed by atoms with Crippen LogP contribution in [-0.4, -0.2) is 9.97 Å². The molecule has 4 rings (SSSR count). The highest BCUT2D eigenvalue weighted by Crippen LogP contribution is 2.40. The van der Waals surface area contributed by atoms with E-state index in [0.717, 1.165) is 42.4 Å². The molecule has 0 bridgehead atoms. The van der Waals surface area contributed by atoms with Gasteiger partial charge in [-0.05, 0) is 19.1 Å². The Kier molecular flexibility index (Phi) is 2.91. The highest BCUT2D eigenvalue weighted by atomic mass is 35.5. The molecule has 0 amide bonds. The van der Waals surface area contributed by atoms with Crippen LogP contribution < -0.4 is 0 Å². The van der Waals surface area contributed by atoms with Gasteiger partial charge in [0.1, 0.15) is 5.82 Å². The Hall–Kier alpha value is -1.97. The summed E-state index contributed by atoms with van der Waals surface area (Å²) in [4.78, 5) is 9.28. The second kappa shape index (κ2) is 4.79. The van der Waals surface area contributed by atoms with Gasteiger partial charge in [0.25, 0.3) is 0 Å². The van der Waals surface area contributed by atoms with E-state index in [1.165, 1.54) is 0 Å². The van der Waals surface area contributed by atoms with E-state index in [-0.39, 0.29) is 0 Å². The van der Waals surface area contributed by atoms with E-state index in [2.05, 4.69) is 28.2 Å². The minimum Gasteiger partial charge on any atom is -0.232 e. The zero-order valence-electron chi connectivity index (χ0n) is 11.3. The molecule has 4 heteroatoms. The molecular formula is C17H11ClN2S. The van der Waals surface area contributed by atoms with Gasteiger partial charge < -0.3 is 0 Å². The SMILES string of the molecule is Cc1nc(-c2ccccc2)c2sc3cccc(Cl)c3c2n1. The van der Waals surface area contributed by atoms with Gasteiger partial charge in [0.15, 0.2) is 0 Å². The molecule has 0 radical (unpaired) electrons. The van der Waals surface area contributed by atoms with E-state index in [1.807, 2.05) is 37.3 Å². The van der Waals surface area contributed by atoms with Crippen LogP contribution >= 0.6 is 22.9 Å². The van der Waals surface area contributed by atoms with E-state index in [1.54, 1.807) is 11.3 Å². The second-order valence-corrected chi connectivity index (χ2v) is 6.34. The van der Waals surface area contributed by atoms with Gasteiger partial charge >= 0.3 is 0 Å². The molecule has 0 aliphatic rings. The van der Waals surface area contributed by atoms with Crippen molar-refractivity contribution < 1.29 is 0 Å². The fourth-order valence-corrected chi connectivity index (χ4v) is 4.05. The number of aryl methyl sites for hydroxylation is 1. The average Bonchev–Trinajstić information content (AvgIpc) is 2.87. The summed E-state index contributed by atoms with van der Waals surface area (Å²) in [5.41, 5.74) is 3.04. The van der Waals surface area contributed by atoms with Crippen molar-refractivity contribution in [2.24, 2.45) is 0 Å². The number of hydrogen-bond donors (Lipinski definition) is 0. The molecule has 2 aromatic heterocycles. The molecule has 0 saturated carbocycles. The van der Waals surface area contributed by atoms with E-state index < -0.39 is 0 Å². The zero-order valence-corrected chi connectivity index (χ0v) is 12.9. The second-order valence-electron chi connectivity index (χ2n) is 4.88. The topological polar surface area (TPSA) is 25.8 Å². The van der Waals surface area contributed by atoms with Gasteiger partial charge in [0, 0.05) is 15.6 Å². The minimum atomic E-state index is 0.746. The molecule has 2 heterocycles. The van der Waals surface area contributed by atoms with Crippen molar-refractivity contribution in [3.8, 4) is 11.3 Å². The first kappa shape index (κ1) is 12.7. The standard InChI is InChI=1S/C17H11ClN2S/c1-10-19-15(11-6-3-2-4-7-11)17-16(20-10)14-12(18)8-5-9-13(14)21-17/h2-9H,1H3. The number of aromatic nitrogens is 2. The lowest BCUT2D eigenvalue weighted by Gasteiger charge is -2.03. The van der Waals surface area contributed by atoms with Gasteiger partial charge in [-0.2, -0.15) is 0 Å². The highest BCUT2D eigenvalue weighted by Gasteiger charge is 2.15. The van der Waals surface area contributed by atoms with Crippen molar-refractivity contribution in [3.63, 3.8) is 0 Å². The average molecular weight is 311 g/mol. The van der Waals surface area contributed by atoms with Crippen LogP contribution in [0.15, 0.2) is 48.5 Å². The first-order valence-electron chi connectivity index (χ1n) is 6.65. The number of hydrogen-bond acceptors (Lipinski definition) is 3. The third-order valence-corrected chi connectivity index (χ3v) is 4.91. The highest BCUT2D eigenvalue weighted by molar-refractivity contribution is 7.26. The van der Waals surface area contributed by atoms with Gasteiger partial charge in [-0.15, -0.1) is 11.3 Å². The molecular weight excluding hydrogens is 300 g/mol. The summed E-state index contributed by atoms with van der Waals surface area (Å²) in [5, 5.41) is 1.78. The Bertz CT molecular complexity index is 961. The molecule has 0 aliphatic heterocycles. The summed E-state index contributed by atoms with van der Waals surface area (Å²) in [6.45, 7) is 1.92.